The maximum atomic E-state index is 5.49. The molecule has 0 radical (unpaired) electrons. The fraction of sp³-hybridized carbons (Fsp3) is 1.00. The van der Waals surface area contributed by atoms with Crippen molar-refractivity contribution in [1.29, 1.82) is 0 Å². The van der Waals surface area contributed by atoms with E-state index in [1.165, 1.54) is 51.6 Å². The predicted octanol–water partition coefficient (Wildman–Crippen LogP) is 1.99. The van der Waals surface area contributed by atoms with Crippen LogP contribution in [0.5, 0.6) is 0 Å². The minimum absolute atomic E-state index is 0.852. The Labute approximate surface area is 82.5 Å². The summed E-state index contributed by atoms with van der Waals surface area (Å²) in [6.07, 6.45) is 8.05. The van der Waals surface area contributed by atoms with E-state index >= 15 is 0 Å². The first-order valence-corrected chi connectivity index (χ1v) is 5.82. The highest BCUT2D eigenvalue weighted by Gasteiger charge is 2.19. The van der Waals surface area contributed by atoms with Crippen LogP contribution in [-0.4, -0.2) is 30.6 Å². The third-order valence-corrected chi connectivity index (χ3v) is 3.12. The Balaban J connectivity index is 2.19. The maximum Gasteiger partial charge on any atom is 0.00926 e. The second-order valence-electron chi connectivity index (χ2n) is 4.09. The van der Waals surface area contributed by atoms with Gasteiger partial charge in [-0.25, -0.2) is 0 Å². The summed E-state index contributed by atoms with van der Waals surface area (Å²) in [5, 5.41) is 0. The SMILES string of the molecule is CCC1CCCCN1CCCCN. The molecule has 1 saturated heterocycles. The minimum atomic E-state index is 0.852. The summed E-state index contributed by atoms with van der Waals surface area (Å²) in [5.74, 6) is 0. The van der Waals surface area contributed by atoms with Crippen molar-refractivity contribution >= 4 is 0 Å². The van der Waals surface area contributed by atoms with Crippen LogP contribution in [-0.2, 0) is 0 Å². The average Bonchev–Trinajstić information content (AvgIpc) is 2.19. The topological polar surface area (TPSA) is 29.3 Å². The van der Waals surface area contributed by atoms with Crippen molar-refractivity contribution in [3.8, 4) is 0 Å². The van der Waals surface area contributed by atoms with Gasteiger partial charge in [-0.05, 0) is 51.7 Å². The zero-order chi connectivity index (χ0) is 9.52. The third kappa shape index (κ3) is 3.65. The summed E-state index contributed by atoms with van der Waals surface area (Å²) in [4.78, 5) is 2.67. The molecule has 0 aromatic carbocycles. The van der Waals surface area contributed by atoms with E-state index in [9.17, 15) is 0 Å². The number of nitrogens with two attached hydrogens (primary N) is 1. The van der Waals surface area contributed by atoms with E-state index in [1.807, 2.05) is 0 Å². The Kier molecular flexibility index (Phi) is 5.40. The number of hydrogen-bond acceptors (Lipinski definition) is 2. The third-order valence-electron chi connectivity index (χ3n) is 3.12. The van der Waals surface area contributed by atoms with Crippen LogP contribution in [0.1, 0.15) is 45.4 Å². The second kappa shape index (κ2) is 6.39. The summed E-state index contributed by atoms with van der Waals surface area (Å²) < 4.78 is 0. The molecule has 78 valence electrons. The van der Waals surface area contributed by atoms with Crippen molar-refractivity contribution < 1.29 is 0 Å². The molecule has 0 aliphatic carbocycles. The molecule has 1 atom stereocenters. The molecule has 0 aromatic rings. The van der Waals surface area contributed by atoms with Gasteiger partial charge in [0.15, 0.2) is 0 Å². The van der Waals surface area contributed by atoms with E-state index in [0.717, 1.165) is 12.6 Å². The van der Waals surface area contributed by atoms with Gasteiger partial charge in [-0.2, -0.15) is 0 Å². The van der Waals surface area contributed by atoms with Crippen molar-refractivity contribution in [2.24, 2.45) is 5.73 Å². The molecule has 1 aliphatic rings. The van der Waals surface area contributed by atoms with Crippen LogP contribution in [0.15, 0.2) is 0 Å². The first kappa shape index (κ1) is 11.0. The van der Waals surface area contributed by atoms with Crippen LogP contribution in [0, 0.1) is 0 Å². The van der Waals surface area contributed by atoms with Gasteiger partial charge in [-0.3, -0.25) is 0 Å². The molecule has 2 N–H and O–H groups in total. The fourth-order valence-electron chi connectivity index (χ4n) is 2.28. The van der Waals surface area contributed by atoms with E-state index in [4.69, 9.17) is 5.73 Å². The van der Waals surface area contributed by atoms with Gasteiger partial charge in [0.25, 0.3) is 0 Å². The van der Waals surface area contributed by atoms with Gasteiger partial charge in [0.2, 0.25) is 0 Å². The minimum Gasteiger partial charge on any atom is -0.330 e. The Morgan fingerprint density at radius 3 is 2.85 bits per heavy atom. The largest absolute Gasteiger partial charge is 0.330 e. The number of unbranched alkanes of at least 4 members (excludes halogenated alkanes) is 1. The molecule has 0 aromatic heterocycles. The number of likely N-dealkylation sites (tertiary alicyclic amines) is 1. The Hall–Kier alpha value is -0.0800. The molecule has 0 spiro atoms. The lowest BCUT2D eigenvalue weighted by Gasteiger charge is -2.35. The quantitative estimate of drug-likeness (QED) is 0.662. The molecule has 1 heterocycles. The van der Waals surface area contributed by atoms with Crippen molar-refractivity contribution in [3.63, 3.8) is 0 Å². The number of rotatable bonds is 5. The summed E-state index contributed by atoms with van der Waals surface area (Å²) in [5.41, 5.74) is 5.49. The van der Waals surface area contributed by atoms with Crippen molar-refractivity contribution in [2.75, 3.05) is 19.6 Å². The molecule has 0 saturated carbocycles. The van der Waals surface area contributed by atoms with Crippen LogP contribution >= 0.6 is 0 Å². The highest BCUT2D eigenvalue weighted by Crippen LogP contribution is 2.19. The van der Waals surface area contributed by atoms with Crippen LogP contribution in [0.25, 0.3) is 0 Å². The van der Waals surface area contributed by atoms with Crippen molar-refractivity contribution in [1.82, 2.24) is 4.90 Å². The lowest BCUT2D eigenvalue weighted by atomic mass is 10.00. The van der Waals surface area contributed by atoms with Crippen LogP contribution in [0.2, 0.25) is 0 Å². The average molecular weight is 184 g/mol. The zero-order valence-electron chi connectivity index (χ0n) is 8.97. The normalized spacial score (nSPS) is 24.9. The summed E-state index contributed by atoms with van der Waals surface area (Å²) in [6, 6.07) is 0.867. The summed E-state index contributed by atoms with van der Waals surface area (Å²) >= 11 is 0. The molecular weight excluding hydrogens is 160 g/mol. The lowest BCUT2D eigenvalue weighted by molar-refractivity contribution is 0.142. The van der Waals surface area contributed by atoms with Crippen LogP contribution < -0.4 is 5.73 Å². The number of nitrogens with zero attached hydrogens (tertiary/aromatic N) is 1. The van der Waals surface area contributed by atoms with Crippen molar-refractivity contribution in [3.05, 3.63) is 0 Å². The monoisotopic (exact) mass is 184 g/mol. The highest BCUT2D eigenvalue weighted by atomic mass is 15.2. The first-order chi connectivity index (χ1) is 6.38. The summed E-state index contributed by atoms with van der Waals surface area (Å²) in [6.45, 7) is 5.76. The zero-order valence-corrected chi connectivity index (χ0v) is 8.97. The van der Waals surface area contributed by atoms with Gasteiger partial charge in [0.05, 0.1) is 0 Å². The molecule has 1 rings (SSSR count). The van der Waals surface area contributed by atoms with Crippen LogP contribution in [0.3, 0.4) is 0 Å². The highest BCUT2D eigenvalue weighted by molar-refractivity contribution is 4.75. The van der Waals surface area contributed by atoms with Gasteiger partial charge in [0, 0.05) is 6.04 Å². The predicted molar refractivity (Wildman–Crippen MR) is 57.8 cm³/mol. The fourth-order valence-corrected chi connectivity index (χ4v) is 2.28. The first-order valence-electron chi connectivity index (χ1n) is 5.82. The van der Waals surface area contributed by atoms with Gasteiger partial charge >= 0.3 is 0 Å². The van der Waals surface area contributed by atoms with E-state index in [2.05, 4.69) is 11.8 Å². The van der Waals surface area contributed by atoms with E-state index in [1.54, 1.807) is 0 Å². The molecular formula is C11H24N2. The van der Waals surface area contributed by atoms with Crippen LogP contribution in [0.4, 0.5) is 0 Å². The second-order valence-corrected chi connectivity index (χ2v) is 4.09. The molecule has 2 nitrogen and oxygen atoms in total. The molecule has 1 unspecified atom stereocenters. The molecule has 1 fully saturated rings. The van der Waals surface area contributed by atoms with Gasteiger partial charge < -0.3 is 10.6 Å². The smallest absolute Gasteiger partial charge is 0.00926 e. The van der Waals surface area contributed by atoms with E-state index in [0.29, 0.717) is 0 Å². The molecule has 2 heteroatoms. The molecule has 0 amide bonds. The Morgan fingerprint density at radius 2 is 2.15 bits per heavy atom. The summed E-state index contributed by atoms with van der Waals surface area (Å²) in [7, 11) is 0. The van der Waals surface area contributed by atoms with Gasteiger partial charge in [-0.1, -0.05) is 13.3 Å². The molecule has 0 bridgehead atoms. The lowest BCUT2D eigenvalue weighted by Crippen LogP contribution is -2.39. The molecule has 1 aliphatic heterocycles. The maximum absolute atomic E-state index is 5.49. The Morgan fingerprint density at radius 1 is 1.31 bits per heavy atom. The van der Waals surface area contributed by atoms with Crippen molar-refractivity contribution in [2.45, 2.75) is 51.5 Å². The standard InChI is InChI=1S/C11H24N2/c1-2-11-7-3-5-9-13(11)10-6-4-8-12/h11H,2-10,12H2,1H3. The Bertz CT molecular complexity index is 125. The van der Waals surface area contributed by atoms with Gasteiger partial charge in [0.1, 0.15) is 0 Å². The van der Waals surface area contributed by atoms with Gasteiger partial charge in [-0.15, -0.1) is 0 Å². The molecule has 13 heavy (non-hydrogen) atoms. The number of piperidine rings is 1. The number of hydrogen-bond donors (Lipinski definition) is 1. The van der Waals surface area contributed by atoms with E-state index < -0.39 is 0 Å². The van der Waals surface area contributed by atoms with E-state index in [-0.39, 0.29) is 0 Å².